The third kappa shape index (κ3) is 2.08. The van der Waals surface area contributed by atoms with Gasteiger partial charge >= 0.3 is 0 Å². The van der Waals surface area contributed by atoms with Crippen LogP contribution >= 0.6 is 23.1 Å². The van der Waals surface area contributed by atoms with Gasteiger partial charge in [0.2, 0.25) is 6.29 Å². The van der Waals surface area contributed by atoms with Crippen molar-refractivity contribution >= 4 is 39.1 Å². The van der Waals surface area contributed by atoms with Crippen molar-refractivity contribution in [2.24, 2.45) is 0 Å². The molecule has 0 aliphatic carbocycles. The SMILES string of the molecule is O=C1C[C@H](Sc2nc3ccccc3s2)[C@H]2CO[C@@H]1O2. The second kappa shape index (κ2) is 4.56. The van der Waals surface area contributed by atoms with Crippen molar-refractivity contribution in [3.8, 4) is 0 Å². The normalized spacial score (nSPS) is 30.1. The molecule has 2 bridgehead atoms. The van der Waals surface area contributed by atoms with Crippen molar-refractivity contribution in [3.05, 3.63) is 24.3 Å². The summed E-state index contributed by atoms with van der Waals surface area (Å²) in [5, 5.41) is 0.117. The molecule has 0 N–H and O–H groups in total. The molecule has 1 aromatic carbocycles. The minimum Gasteiger partial charge on any atom is -0.343 e. The summed E-state index contributed by atoms with van der Waals surface area (Å²) in [6.07, 6.45) is -0.0902. The first-order chi connectivity index (χ1) is 9.29. The molecule has 0 unspecified atom stereocenters. The fraction of sp³-hybridized carbons (Fsp3) is 0.385. The van der Waals surface area contributed by atoms with Crippen LogP contribution in [0.1, 0.15) is 6.42 Å². The molecule has 19 heavy (non-hydrogen) atoms. The third-order valence-electron chi connectivity index (χ3n) is 3.32. The van der Waals surface area contributed by atoms with Gasteiger partial charge in [-0.1, -0.05) is 23.9 Å². The Morgan fingerprint density at radius 2 is 2.26 bits per heavy atom. The maximum Gasteiger partial charge on any atom is 0.218 e. The van der Waals surface area contributed by atoms with Crippen LogP contribution in [-0.2, 0) is 14.3 Å². The van der Waals surface area contributed by atoms with E-state index in [1.165, 1.54) is 4.70 Å². The Morgan fingerprint density at radius 3 is 3.16 bits per heavy atom. The Balaban J connectivity index is 1.58. The molecule has 4 rings (SSSR count). The smallest absolute Gasteiger partial charge is 0.218 e. The first kappa shape index (κ1) is 11.8. The van der Waals surface area contributed by atoms with Gasteiger partial charge in [-0.2, -0.15) is 0 Å². The average Bonchev–Trinajstić information content (AvgIpc) is 3.00. The number of carbonyl (C=O) groups excluding carboxylic acids is 1. The summed E-state index contributed by atoms with van der Waals surface area (Å²) in [5.41, 5.74) is 1.01. The van der Waals surface area contributed by atoms with E-state index in [1.54, 1.807) is 23.1 Å². The number of nitrogens with zero attached hydrogens (tertiary/aromatic N) is 1. The van der Waals surface area contributed by atoms with E-state index < -0.39 is 6.29 Å². The van der Waals surface area contributed by atoms with E-state index in [9.17, 15) is 4.79 Å². The van der Waals surface area contributed by atoms with Gasteiger partial charge in [-0.3, -0.25) is 4.79 Å². The summed E-state index contributed by atoms with van der Waals surface area (Å²) in [6, 6.07) is 8.07. The van der Waals surface area contributed by atoms with Crippen LogP contribution in [-0.4, -0.2) is 35.0 Å². The summed E-state index contributed by atoms with van der Waals surface area (Å²) in [5.74, 6) is 0.0485. The fourth-order valence-electron chi connectivity index (χ4n) is 2.36. The topological polar surface area (TPSA) is 48.4 Å². The van der Waals surface area contributed by atoms with Gasteiger partial charge in [0.1, 0.15) is 0 Å². The zero-order valence-electron chi connectivity index (χ0n) is 9.94. The molecule has 0 radical (unpaired) electrons. The van der Waals surface area contributed by atoms with Crippen LogP contribution in [0.15, 0.2) is 28.6 Å². The molecule has 1 aromatic heterocycles. The van der Waals surface area contributed by atoms with E-state index in [1.807, 2.05) is 18.2 Å². The molecule has 98 valence electrons. The van der Waals surface area contributed by atoms with Gasteiger partial charge in [-0.25, -0.2) is 4.98 Å². The predicted octanol–water partition coefficient (Wildman–Crippen LogP) is 2.47. The Bertz CT molecular complexity index is 609. The second-order valence-corrected chi connectivity index (χ2v) is 7.13. The molecule has 0 amide bonds. The predicted molar refractivity (Wildman–Crippen MR) is 73.5 cm³/mol. The molecule has 6 heteroatoms. The zero-order valence-corrected chi connectivity index (χ0v) is 11.6. The number of rotatable bonds is 2. The van der Waals surface area contributed by atoms with Crippen LogP contribution in [0.5, 0.6) is 0 Å². The number of hydrogen-bond donors (Lipinski definition) is 0. The Morgan fingerprint density at radius 1 is 1.37 bits per heavy atom. The quantitative estimate of drug-likeness (QED) is 0.851. The lowest BCUT2D eigenvalue weighted by Crippen LogP contribution is -2.37. The largest absolute Gasteiger partial charge is 0.343 e. The maximum absolute atomic E-state index is 11.7. The number of para-hydroxylation sites is 1. The molecule has 2 aliphatic rings. The summed E-state index contributed by atoms with van der Waals surface area (Å²) in [6.45, 7) is 0.513. The molecule has 0 saturated carbocycles. The molecule has 0 spiro atoms. The zero-order chi connectivity index (χ0) is 12.8. The van der Waals surface area contributed by atoms with Gasteiger partial charge in [-0.15, -0.1) is 11.3 Å². The van der Waals surface area contributed by atoms with Crippen molar-refractivity contribution in [3.63, 3.8) is 0 Å². The number of thioether (sulfide) groups is 1. The van der Waals surface area contributed by atoms with Gasteiger partial charge < -0.3 is 9.47 Å². The molecule has 2 aliphatic heterocycles. The van der Waals surface area contributed by atoms with Crippen molar-refractivity contribution < 1.29 is 14.3 Å². The number of thiazole rings is 1. The molecule has 2 saturated heterocycles. The van der Waals surface area contributed by atoms with Crippen LogP contribution in [0.2, 0.25) is 0 Å². The molecule has 4 nitrogen and oxygen atoms in total. The monoisotopic (exact) mass is 293 g/mol. The summed E-state index contributed by atoms with van der Waals surface area (Å²) in [4.78, 5) is 16.3. The van der Waals surface area contributed by atoms with Crippen LogP contribution in [0.25, 0.3) is 10.2 Å². The van der Waals surface area contributed by atoms with Gasteiger partial charge in [-0.05, 0) is 12.1 Å². The number of benzene rings is 1. The third-order valence-corrected chi connectivity index (χ3v) is 5.75. The lowest BCUT2D eigenvalue weighted by molar-refractivity contribution is -0.151. The highest BCUT2D eigenvalue weighted by Crippen LogP contribution is 2.39. The minimum absolute atomic E-state index is 0.0136. The molecule has 3 heterocycles. The van der Waals surface area contributed by atoms with E-state index in [0.29, 0.717) is 13.0 Å². The van der Waals surface area contributed by atoms with E-state index in [0.717, 1.165) is 9.86 Å². The highest BCUT2D eigenvalue weighted by molar-refractivity contribution is 8.01. The van der Waals surface area contributed by atoms with Gasteiger partial charge in [0.25, 0.3) is 0 Å². The second-order valence-electron chi connectivity index (χ2n) is 4.61. The summed E-state index contributed by atoms with van der Waals surface area (Å²) in [7, 11) is 0. The Labute approximate surface area is 118 Å². The van der Waals surface area contributed by atoms with Gasteiger partial charge in [0, 0.05) is 11.7 Å². The fourth-order valence-corrected chi connectivity index (χ4v) is 4.84. The van der Waals surface area contributed by atoms with E-state index in [-0.39, 0.29) is 17.1 Å². The van der Waals surface area contributed by atoms with Crippen molar-refractivity contribution in [2.45, 2.75) is 28.4 Å². The summed E-state index contributed by atoms with van der Waals surface area (Å²) < 4.78 is 13.0. The number of Topliss-reactive ketones (excluding diaryl/α,β-unsaturated/α-hetero) is 1. The number of aromatic nitrogens is 1. The number of ether oxygens (including phenoxy) is 2. The van der Waals surface area contributed by atoms with Gasteiger partial charge in [0.05, 0.1) is 22.9 Å². The van der Waals surface area contributed by atoms with Crippen molar-refractivity contribution in [1.82, 2.24) is 4.98 Å². The van der Waals surface area contributed by atoms with Gasteiger partial charge in [0.15, 0.2) is 10.1 Å². The Kier molecular flexibility index (Phi) is 2.84. The molecule has 2 aromatic rings. The molecule has 3 atom stereocenters. The highest BCUT2D eigenvalue weighted by atomic mass is 32.2. The molecule has 2 fully saturated rings. The first-order valence-electron chi connectivity index (χ1n) is 6.11. The standard InChI is InChI=1S/C13H11NO3S2/c15-8-5-11(9-6-16-12(8)17-9)19-13-14-7-3-1-2-4-10(7)18-13/h1-4,9,11-12H,5-6H2/t9-,11+,12-/m1/s1. The van der Waals surface area contributed by atoms with Crippen LogP contribution < -0.4 is 0 Å². The molecular weight excluding hydrogens is 282 g/mol. The Hall–Kier alpha value is -0.950. The lowest BCUT2D eigenvalue weighted by Gasteiger charge is -2.24. The first-order valence-corrected chi connectivity index (χ1v) is 7.81. The average molecular weight is 293 g/mol. The van der Waals surface area contributed by atoms with Crippen LogP contribution in [0.4, 0.5) is 0 Å². The van der Waals surface area contributed by atoms with Crippen molar-refractivity contribution in [1.29, 1.82) is 0 Å². The maximum atomic E-state index is 11.7. The van der Waals surface area contributed by atoms with E-state index >= 15 is 0 Å². The van der Waals surface area contributed by atoms with Crippen LogP contribution in [0, 0.1) is 0 Å². The minimum atomic E-state index is -0.614. The van der Waals surface area contributed by atoms with E-state index in [2.05, 4.69) is 11.1 Å². The molecular formula is C13H11NO3S2. The highest BCUT2D eigenvalue weighted by Gasteiger charge is 2.43. The number of fused-ring (bicyclic) bond motifs is 3. The number of hydrogen-bond acceptors (Lipinski definition) is 6. The summed E-state index contributed by atoms with van der Waals surface area (Å²) >= 11 is 3.30. The van der Waals surface area contributed by atoms with E-state index in [4.69, 9.17) is 9.47 Å². The number of ketones is 1. The lowest BCUT2D eigenvalue weighted by atomic mass is 10.1. The van der Waals surface area contributed by atoms with Crippen molar-refractivity contribution in [2.75, 3.05) is 6.61 Å². The van der Waals surface area contributed by atoms with Crippen LogP contribution in [0.3, 0.4) is 0 Å². The number of carbonyl (C=O) groups is 1.